The van der Waals surface area contributed by atoms with E-state index < -0.39 is 0 Å². The van der Waals surface area contributed by atoms with Gasteiger partial charge in [0.1, 0.15) is 0 Å². The summed E-state index contributed by atoms with van der Waals surface area (Å²) in [5.74, 6) is 0.461. The summed E-state index contributed by atoms with van der Waals surface area (Å²) >= 11 is 5.47. The van der Waals surface area contributed by atoms with Gasteiger partial charge in [-0.2, -0.15) is 0 Å². The minimum atomic E-state index is -0.111. The maximum atomic E-state index is 11.5. The Hall–Kier alpha value is -1.55. The van der Waals surface area contributed by atoms with Gasteiger partial charge in [-0.15, -0.1) is 11.6 Å². The van der Waals surface area contributed by atoms with Gasteiger partial charge in [0.05, 0.1) is 0 Å². The number of amides is 2. The third kappa shape index (κ3) is 3.74. The molecule has 0 aliphatic heterocycles. The quantitative estimate of drug-likeness (QED) is 0.805. The molecular formula is C13H15ClN2O2. The topological polar surface area (TPSA) is 58.2 Å². The standard InChI is InChI=1S/C13H15ClN2O2/c14-8-7-12(17)15-10-3-5-11(6-4-10)16-13(18)9-1-2-9/h3-6,9H,1-2,7-8H2,(H,15,17)(H,16,18). The van der Waals surface area contributed by atoms with E-state index in [9.17, 15) is 9.59 Å². The summed E-state index contributed by atoms with van der Waals surface area (Å²) < 4.78 is 0. The predicted octanol–water partition coefficient (Wildman–Crippen LogP) is 2.60. The number of anilines is 2. The molecule has 1 aromatic carbocycles. The van der Waals surface area contributed by atoms with Crippen molar-refractivity contribution in [2.75, 3.05) is 16.5 Å². The molecule has 0 heterocycles. The number of halogens is 1. The molecule has 0 atom stereocenters. The molecule has 0 spiro atoms. The Morgan fingerprint density at radius 3 is 2.17 bits per heavy atom. The van der Waals surface area contributed by atoms with Crippen LogP contribution >= 0.6 is 11.6 Å². The molecule has 0 radical (unpaired) electrons. The Kier molecular flexibility index (Phi) is 4.20. The highest BCUT2D eigenvalue weighted by Gasteiger charge is 2.29. The summed E-state index contributed by atoms with van der Waals surface area (Å²) in [5, 5.41) is 5.56. The lowest BCUT2D eigenvalue weighted by Gasteiger charge is -2.07. The van der Waals surface area contributed by atoms with Crippen molar-refractivity contribution in [3.8, 4) is 0 Å². The molecule has 1 saturated carbocycles. The maximum absolute atomic E-state index is 11.5. The second kappa shape index (κ2) is 5.87. The summed E-state index contributed by atoms with van der Waals surface area (Å²) in [6.07, 6.45) is 2.26. The highest BCUT2D eigenvalue weighted by Crippen LogP contribution is 2.30. The molecule has 0 bridgehead atoms. The van der Waals surface area contributed by atoms with Crippen LogP contribution in [0.1, 0.15) is 19.3 Å². The van der Waals surface area contributed by atoms with Crippen LogP contribution in [0.3, 0.4) is 0 Å². The van der Waals surface area contributed by atoms with Gasteiger partial charge in [-0.25, -0.2) is 0 Å². The Labute approximate surface area is 111 Å². The van der Waals surface area contributed by atoms with Gasteiger partial charge in [0, 0.05) is 29.6 Å². The van der Waals surface area contributed by atoms with Gasteiger partial charge in [-0.05, 0) is 37.1 Å². The van der Waals surface area contributed by atoms with Crippen molar-refractivity contribution in [1.82, 2.24) is 0 Å². The van der Waals surface area contributed by atoms with Crippen LogP contribution in [-0.4, -0.2) is 17.7 Å². The molecule has 4 nitrogen and oxygen atoms in total. The van der Waals surface area contributed by atoms with Gasteiger partial charge in [0.15, 0.2) is 0 Å². The van der Waals surface area contributed by atoms with Gasteiger partial charge in [-0.3, -0.25) is 9.59 Å². The second-order valence-corrected chi connectivity index (χ2v) is 4.71. The van der Waals surface area contributed by atoms with Crippen molar-refractivity contribution >= 4 is 34.8 Å². The van der Waals surface area contributed by atoms with Crippen LogP contribution in [0.25, 0.3) is 0 Å². The Morgan fingerprint density at radius 1 is 1.11 bits per heavy atom. The summed E-state index contributed by atoms with van der Waals surface area (Å²) in [5.41, 5.74) is 1.46. The minimum absolute atomic E-state index is 0.0777. The van der Waals surface area contributed by atoms with Crippen LogP contribution in [0, 0.1) is 5.92 Å². The van der Waals surface area contributed by atoms with Gasteiger partial charge in [0.25, 0.3) is 0 Å². The van der Waals surface area contributed by atoms with Crippen LogP contribution < -0.4 is 10.6 Å². The van der Waals surface area contributed by atoms with E-state index in [0.29, 0.717) is 18.0 Å². The van der Waals surface area contributed by atoms with Crippen LogP contribution in [-0.2, 0) is 9.59 Å². The number of hydrogen-bond donors (Lipinski definition) is 2. The van der Waals surface area contributed by atoms with Crippen molar-refractivity contribution in [1.29, 1.82) is 0 Å². The molecule has 1 fully saturated rings. The minimum Gasteiger partial charge on any atom is -0.326 e. The van der Waals surface area contributed by atoms with E-state index in [2.05, 4.69) is 10.6 Å². The van der Waals surface area contributed by atoms with E-state index in [0.717, 1.165) is 18.5 Å². The average molecular weight is 267 g/mol. The van der Waals surface area contributed by atoms with Gasteiger partial charge >= 0.3 is 0 Å². The van der Waals surface area contributed by atoms with E-state index >= 15 is 0 Å². The lowest BCUT2D eigenvalue weighted by Crippen LogP contribution is -2.14. The molecule has 2 amide bonds. The predicted molar refractivity (Wildman–Crippen MR) is 71.8 cm³/mol. The van der Waals surface area contributed by atoms with Crippen molar-refractivity contribution in [2.24, 2.45) is 5.92 Å². The SMILES string of the molecule is O=C(CCCl)Nc1ccc(NC(=O)C2CC2)cc1. The first-order valence-electron chi connectivity index (χ1n) is 5.96. The summed E-state index contributed by atoms with van der Waals surface area (Å²) in [7, 11) is 0. The number of hydrogen-bond acceptors (Lipinski definition) is 2. The Bertz CT molecular complexity index is 441. The Morgan fingerprint density at radius 2 is 1.67 bits per heavy atom. The fraction of sp³-hybridized carbons (Fsp3) is 0.385. The monoisotopic (exact) mass is 266 g/mol. The number of carbonyl (C=O) groups is 2. The van der Waals surface area contributed by atoms with Crippen molar-refractivity contribution < 1.29 is 9.59 Å². The molecule has 1 aliphatic carbocycles. The van der Waals surface area contributed by atoms with Crippen LogP contribution in [0.4, 0.5) is 11.4 Å². The van der Waals surface area contributed by atoms with E-state index in [1.807, 2.05) is 0 Å². The number of rotatable bonds is 5. The first-order valence-corrected chi connectivity index (χ1v) is 6.49. The molecule has 2 rings (SSSR count). The van der Waals surface area contributed by atoms with Crippen LogP contribution in [0.5, 0.6) is 0 Å². The molecule has 18 heavy (non-hydrogen) atoms. The fourth-order valence-electron chi connectivity index (χ4n) is 1.54. The highest BCUT2D eigenvalue weighted by atomic mass is 35.5. The summed E-state index contributed by atoms with van der Waals surface area (Å²) in [4.78, 5) is 22.8. The zero-order valence-electron chi connectivity index (χ0n) is 9.91. The molecule has 1 aliphatic rings. The number of nitrogens with one attached hydrogen (secondary N) is 2. The highest BCUT2D eigenvalue weighted by molar-refractivity contribution is 6.19. The molecule has 0 saturated heterocycles. The first kappa shape index (κ1) is 12.9. The first-order chi connectivity index (χ1) is 8.69. The second-order valence-electron chi connectivity index (χ2n) is 4.33. The van der Waals surface area contributed by atoms with Gasteiger partial charge in [0.2, 0.25) is 11.8 Å². The average Bonchev–Trinajstić information content (AvgIpc) is 3.16. The number of benzene rings is 1. The van der Waals surface area contributed by atoms with Crippen molar-refractivity contribution in [2.45, 2.75) is 19.3 Å². The molecular weight excluding hydrogens is 252 g/mol. The molecule has 1 aromatic rings. The van der Waals surface area contributed by atoms with E-state index in [-0.39, 0.29) is 17.7 Å². The number of alkyl halides is 1. The van der Waals surface area contributed by atoms with Gasteiger partial charge in [-0.1, -0.05) is 0 Å². The van der Waals surface area contributed by atoms with Crippen LogP contribution in [0.15, 0.2) is 24.3 Å². The molecule has 5 heteroatoms. The zero-order chi connectivity index (χ0) is 13.0. The number of carbonyl (C=O) groups excluding carboxylic acids is 2. The maximum Gasteiger partial charge on any atom is 0.227 e. The molecule has 0 unspecified atom stereocenters. The third-order valence-corrected chi connectivity index (χ3v) is 2.89. The van der Waals surface area contributed by atoms with E-state index in [1.54, 1.807) is 24.3 Å². The Balaban J connectivity index is 1.88. The largest absolute Gasteiger partial charge is 0.326 e. The van der Waals surface area contributed by atoms with Gasteiger partial charge < -0.3 is 10.6 Å². The smallest absolute Gasteiger partial charge is 0.227 e. The fourth-order valence-corrected chi connectivity index (χ4v) is 1.71. The van der Waals surface area contributed by atoms with Crippen LogP contribution in [0.2, 0.25) is 0 Å². The summed E-state index contributed by atoms with van der Waals surface area (Å²) in [6.45, 7) is 0. The third-order valence-electron chi connectivity index (χ3n) is 2.71. The molecule has 96 valence electrons. The van der Waals surface area contributed by atoms with E-state index in [1.165, 1.54) is 0 Å². The molecule has 0 aromatic heterocycles. The summed E-state index contributed by atoms with van der Waals surface area (Å²) in [6, 6.07) is 7.07. The van der Waals surface area contributed by atoms with Crippen molar-refractivity contribution in [3.63, 3.8) is 0 Å². The van der Waals surface area contributed by atoms with E-state index in [4.69, 9.17) is 11.6 Å². The lowest BCUT2D eigenvalue weighted by atomic mass is 10.2. The normalized spacial score (nSPS) is 14.1. The van der Waals surface area contributed by atoms with Crippen molar-refractivity contribution in [3.05, 3.63) is 24.3 Å². The lowest BCUT2D eigenvalue weighted by molar-refractivity contribution is -0.117. The zero-order valence-corrected chi connectivity index (χ0v) is 10.7. The molecule has 2 N–H and O–H groups in total.